The lowest BCUT2D eigenvalue weighted by atomic mass is 10.4. The van der Waals surface area contributed by atoms with E-state index in [4.69, 9.17) is 4.74 Å². The van der Waals surface area contributed by atoms with Gasteiger partial charge in [-0.1, -0.05) is 13.5 Å². The zero-order valence-corrected chi connectivity index (χ0v) is 8.39. The third kappa shape index (κ3) is 3.42. The molecule has 1 unspecified atom stereocenters. The Kier molecular flexibility index (Phi) is 4.88. The Labute approximate surface area is 64.0 Å². The van der Waals surface area contributed by atoms with Crippen molar-refractivity contribution in [2.45, 2.75) is 19.6 Å². The minimum Gasteiger partial charge on any atom is -0.444 e. The smallest absolute Gasteiger partial charge is 0.331 e. The Morgan fingerprint density at radius 2 is 2.60 bits per heavy atom. The molecule has 0 saturated heterocycles. The van der Waals surface area contributed by atoms with Gasteiger partial charge in [-0.15, -0.1) is 0 Å². The lowest BCUT2D eigenvalue weighted by Gasteiger charge is -2.12. The molecule has 0 aliphatic carbocycles. The molecule has 0 saturated carbocycles. The lowest BCUT2D eigenvalue weighted by molar-refractivity contribution is -0.143. The summed E-state index contributed by atoms with van der Waals surface area (Å²) in [7, 11) is 0.828. The summed E-state index contributed by atoms with van der Waals surface area (Å²) in [5.41, 5.74) is 0. The van der Waals surface area contributed by atoms with Crippen molar-refractivity contribution in [3.63, 3.8) is 0 Å². The maximum atomic E-state index is 10.6. The van der Waals surface area contributed by atoms with Crippen molar-refractivity contribution >= 4 is 16.4 Å². The van der Waals surface area contributed by atoms with Gasteiger partial charge < -0.3 is 9.72 Å². The van der Waals surface area contributed by atoms with E-state index in [2.05, 4.69) is 11.6 Å². The molecular formula is C6H13NO2Si. The van der Waals surface area contributed by atoms with Crippen molar-refractivity contribution in [3.05, 3.63) is 12.7 Å². The van der Waals surface area contributed by atoms with E-state index >= 15 is 0 Å². The second kappa shape index (κ2) is 5.19. The molecule has 0 aromatic rings. The fourth-order valence-electron chi connectivity index (χ4n) is 0.535. The highest BCUT2D eigenvalue weighted by atomic mass is 28.2. The van der Waals surface area contributed by atoms with Crippen LogP contribution in [0.4, 0.5) is 0 Å². The molecule has 0 amide bonds. The van der Waals surface area contributed by atoms with E-state index in [1.165, 1.54) is 6.08 Å². The normalized spacial score (nSPS) is 12.5. The van der Waals surface area contributed by atoms with Crippen LogP contribution in [0.25, 0.3) is 0 Å². The molecule has 0 aliphatic rings. The van der Waals surface area contributed by atoms with Crippen molar-refractivity contribution < 1.29 is 9.53 Å². The Balaban J connectivity index is 3.62. The summed E-state index contributed by atoms with van der Waals surface area (Å²) in [4.78, 5) is 13.5. The zero-order valence-electron chi connectivity index (χ0n) is 6.39. The molecule has 0 aromatic heterocycles. The summed E-state index contributed by atoms with van der Waals surface area (Å²) in [6.45, 7) is 5.24. The van der Waals surface area contributed by atoms with Crippen LogP contribution >= 0.6 is 0 Å². The third-order valence-corrected chi connectivity index (χ3v) is 1.76. The predicted molar refractivity (Wildman–Crippen MR) is 43.4 cm³/mol. The van der Waals surface area contributed by atoms with Crippen molar-refractivity contribution in [3.8, 4) is 0 Å². The third-order valence-electron chi connectivity index (χ3n) is 1.12. The molecular weight excluding hydrogens is 146 g/mol. The SMILES string of the molecule is C=CC(=O)OC(CC)N[SiH3]. The van der Waals surface area contributed by atoms with Gasteiger partial charge in [0.15, 0.2) is 0 Å². The molecule has 0 radical (unpaired) electrons. The maximum Gasteiger partial charge on any atom is 0.331 e. The Bertz CT molecular complexity index is 123. The van der Waals surface area contributed by atoms with Crippen LogP contribution in [-0.2, 0) is 9.53 Å². The second-order valence-corrected chi connectivity index (χ2v) is 2.40. The van der Waals surface area contributed by atoms with Gasteiger partial charge in [-0.05, 0) is 6.42 Å². The first-order valence-electron chi connectivity index (χ1n) is 3.24. The highest BCUT2D eigenvalue weighted by Crippen LogP contribution is 1.92. The van der Waals surface area contributed by atoms with Gasteiger partial charge in [0.05, 0.1) is 10.4 Å². The molecule has 0 aliphatic heterocycles. The average Bonchev–Trinajstić information content (AvgIpc) is 1.99. The minimum atomic E-state index is -0.366. The van der Waals surface area contributed by atoms with E-state index in [0.29, 0.717) is 0 Å². The molecule has 0 bridgehead atoms. The molecule has 1 N–H and O–H groups in total. The number of nitrogens with one attached hydrogen (secondary N) is 1. The van der Waals surface area contributed by atoms with Gasteiger partial charge in [0.25, 0.3) is 0 Å². The van der Waals surface area contributed by atoms with Crippen LogP contribution in [0.1, 0.15) is 13.3 Å². The molecule has 4 heteroatoms. The molecule has 0 aromatic carbocycles. The first-order valence-corrected chi connectivity index (χ1v) is 4.24. The van der Waals surface area contributed by atoms with Crippen LogP contribution in [0.15, 0.2) is 12.7 Å². The van der Waals surface area contributed by atoms with E-state index in [-0.39, 0.29) is 12.2 Å². The molecule has 3 nitrogen and oxygen atoms in total. The number of carbonyl (C=O) groups is 1. The van der Waals surface area contributed by atoms with Crippen LogP contribution < -0.4 is 4.98 Å². The molecule has 0 spiro atoms. The van der Waals surface area contributed by atoms with Gasteiger partial charge >= 0.3 is 5.97 Å². The number of esters is 1. The van der Waals surface area contributed by atoms with Crippen LogP contribution in [0.5, 0.6) is 0 Å². The van der Waals surface area contributed by atoms with Crippen molar-refractivity contribution in [1.29, 1.82) is 0 Å². The monoisotopic (exact) mass is 159 g/mol. The Morgan fingerprint density at radius 1 is 2.00 bits per heavy atom. The molecule has 58 valence electrons. The van der Waals surface area contributed by atoms with E-state index < -0.39 is 0 Å². The lowest BCUT2D eigenvalue weighted by Crippen LogP contribution is -2.30. The van der Waals surface area contributed by atoms with Gasteiger partial charge in [-0.2, -0.15) is 0 Å². The minimum absolute atomic E-state index is 0.128. The van der Waals surface area contributed by atoms with Crippen LogP contribution in [0.2, 0.25) is 0 Å². The largest absolute Gasteiger partial charge is 0.444 e. The van der Waals surface area contributed by atoms with Crippen LogP contribution in [0.3, 0.4) is 0 Å². The maximum absolute atomic E-state index is 10.6. The first kappa shape index (κ1) is 9.39. The van der Waals surface area contributed by atoms with Gasteiger partial charge in [0.2, 0.25) is 0 Å². The van der Waals surface area contributed by atoms with E-state index in [9.17, 15) is 4.79 Å². The summed E-state index contributed by atoms with van der Waals surface area (Å²) in [6.07, 6.45) is 1.84. The van der Waals surface area contributed by atoms with Crippen molar-refractivity contribution in [1.82, 2.24) is 4.98 Å². The van der Waals surface area contributed by atoms with Gasteiger partial charge in [-0.25, -0.2) is 4.79 Å². The summed E-state index contributed by atoms with van der Waals surface area (Å²) < 4.78 is 4.86. The Morgan fingerprint density at radius 3 is 2.90 bits per heavy atom. The van der Waals surface area contributed by atoms with Gasteiger partial charge in [-0.3, -0.25) is 0 Å². The van der Waals surface area contributed by atoms with Gasteiger partial charge in [0, 0.05) is 6.08 Å². The van der Waals surface area contributed by atoms with E-state index in [1.54, 1.807) is 0 Å². The topological polar surface area (TPSA) is 38.3 Å². The molecule has 10 heavy (non-hydrogen) atoms. The molecule has 0 fully saturated rings. The number of hydrogen-bond acceptors (Lipinski definition) is 3. The van der Waals surface area contributed by atoms with Gasteiger partial charge in [0.1, 0.15) is 6.23 Å². The summed E-state index contributed by atoms with van der Waals surface area (Å²) in [5.74, 6) is -0.366. The highest BCUT2D eigenvalue weighted by molar-refractivity contribution is 6.04. The fraction of sp³-hybridized carbons (Fsp3) is 0.500. The highest BCUT2D eigenvalue weighted by Gasteiger charge is 2.04. The number of carbonyl (C=O) groups excluding carboxylic acids is 1. The molecule has 0 rings (SSSR count). The Hall–Kier alpha value is -0.613. The second-order valence-electron chi connectivity index (χ2n) is 1.83. The average molecular weight is 159 g/mol. The quantitative estimate of drug-likeness (QED) is 0.256. The molecule has 1 atom stereocenters. The van der Waals surface area contributed by atoms with Crippen molar-refractivity contribution in [2.24, 2.45) is 0 Å². The summed E-state index contributed by atoms with van der Waals surface area (Å²) >= 11 is 0. The zero-order chi connectivity index (χ0) is 7.98. The molecule has 0 heterocycles. The number of rotatable bonds is 4. The number of ether oxygens (including phenoxy) is 1. The first-order chi connectivity index (χ1) is 4.74. The summed E-state index contributed by atoms with van der Waals surface area (Å²) in [5, 5.41) is 0. The standard InChI is InChI=1S/C6H13NO2Si/c1-3-5(7-10)9-6(8)4-2/h4-5,7H,2-3H2,1,10H3. The van der Waals surface area contributed by atoms with Crippen LogP contribution in [0, 0.1) is 0 Å². The summed E-state index contributed by atoms with van der Waals surface area (Å²) in [6, 6.07) is 0. The van der Waals surface area contributed by atoms with Crippen LogP contribution in [-0.4, -0.2) is 22.6 Å². The fourth-order valence-corrected chi connectivity index (χ4v) is 1.06. The van der Waals surface area contributed by atoms with E-state index in [1.807, 2.05) is 6.92 Å². The number of hydrogen-bond donors (Lipinski definition) is 1. The van der Waals surface area contributed by atoms with Crippen molar-refractivity contribution in [2.75, 3.05) is 0 Å². The van der Waals surface area contributed by atoms with E-state index in [0.717, 1.165) is 16.8 Å². The predicted octanol–water partition coefficient (Wildman–Crippen LogP) is -0.678.